The molecule has 0 aliphatic carbocycles. The predicted octanol–water partition coefficient (Wildman–Crippen LogP) is 4.20. The molecule has 0 aromatic heterocycles. The van der Waals surface area contributed by atoms with E-state index in [9.17, 15) is 10.2 Å². The Morgan fingerprint density at radius 1 is 0.737 bits per heavy atom. The molecule has 2 N–H and O–H groups in total. The predicted molar refractivity (Wildman–Crippen MR) is 77.6 cm³/mol. The van der Waals surface area contributed by atoms with Gasteiger partial charge in [0.05, 0.1) is 0 Å². The van der Waals surface area contributed by atoms with Crippen LogP contribution in [0.3, 0.4) is 0 Å². The van der Waals surface area contributed by atoms with E-state index in [0.29, 0.717) is 0 Å². The molecule has 0 atom stereocenters. The van der Waals surface area contributed by atoms with Gasteiger partial charge in [-0.25, -0.2) is 0 Å². The number of hydrogen-bond acceptors (Lipinski definition) is 2. The van der Waals surface area contributed by atoms with E-state index in [2.05, 4.69) is 13.8 Å². The second kappa shape index (κ2) is 5.35. The molecule has 0 bridgehead atoms. The Morgan fingerprint density at radius 2 is 1.11 bits per heavy atom. The second-order valence-electron chi connectivity index (χ2n) is 4.82. The normalized spacial score (nSPS) is 11.5. The fourth-order valence-electron chi connectivity index (χ4n) is 2.91. The Morgan fingerprint density at radius 3 is 1.42 bits per heavy atom. The maximum atomic E-state index is 10.2. The number of phenols is 2. The quantitative estimate of drug-likeness (QED) is 0.860. The third-order valence-electron chi connectivity index (χ3n) is 4.05. The van der Waals surface area contributed by atoms with Crippen LogP contribution in [0.2, 0.25) is 0 Å². The van der Waals surface area contributed by atoms with Gasteiger partial charge >= 0.3 is 0 Å². The zero-order valence-electron chi connectivity index (χ0n) is 11.4. The first-order valence-corrected chi connectivity index (χ1v) is 6.72. The molecule has 0 radical (unpaired) electrons. The van der Waals surface area contributed by atoms with Crippen LogP contribution in [-0.4, -0.2) is 10.2 Å². The van der Waals surface area contributed by atoms with Crippen molar-refractivity contribution in [3.05, 3.63) is 59.7 Å². The summed E-state index contributed by atoms with van der Waals surface area (Å²) in [5, 5.41) is 20.4. The highest BCUT2D eigenvalue weighted by atomic mass is 16.3. The fourth-order valence-corrected chi connectivity index (χ4v) is 2.91. The number of hydrogen-bond donors (Lipinski definition) is 2. The highest BCUT2D eigenvalue weighted by Gasteiger charge is 2.34. The number of benzene rings is 2. The Labute approximate surface area is 114 Å². The third kappa shape index (κ3) is 2.19. The van der Waals surface area contributed by atoms with Gasteiger partial charge in [-0.1, -0.05) is 50.2 Å². The van der Waals surface area contributed by atoms with Crippen LogP contribution in [-0.2, 0) is 5.41 Å². The molecule has 0 saturated carbocycles. The van der Waals surface area contributed by atoms with Gasteiger partial charge < -0.3 is 10.2 Å². The van der Waals surface area contributed by atoms with Crippen molar-refractivity contribution in [3.63, 3.8) is 0 Å². The van der Waals surface area contributed by atoms with E-state index in [4.69, 9.17) is 0 Å². The lowest BCUT2D eigenvalue weighted by molar-refractivity contribution is 0.397. The van der Waals surface area contributed by atoms with Crippen LogP contribution >= 0.6 is 0 Å². The van der Waals surface area contributed by atoms with Crippen molar-refractivity contribution < 1.29 is 10.2 Å². The van der Waals surface area contributed by atoms with E-state index in [1.165, 1.54) is 0 Å². The number of para-hydroxylation sites is 2. The van der Waals surface area contributed by atoms with Gasteiger partial charge in [0.15, 0.2) is 0 Å². The van der Waals surface area contributed by atoms with Crippen LogP contribution in [0.25, 0.3) is 0 Å². The van der Waals surface area contributed by atoms with Gasteiger partial charge in [-0.15, -0.1) is 0 Å². The Kier molecular flexibility index (Phi) is 3.79. The van der Waals surface area contributed by atoms with E-state index in [1.54, 1.807) is 12.1 Å². The lowest BCUT2D eigenvalue weighted by Gasteiger charge is -2.34. The molecule has 0 aliphatic rings. The summed E-state index contributed by atoms with van der Waals surface area (Å²) in [4.78, 5) is 0. The van der Waals surface area contributed by atoms with Gasteiger partial charge in [-0.2, -0.15) is 0 Å². The van der Waals surface area contributed by atoms with E-state index >= 15 is 0 Å². The molecule has 0 aliphatic heterocycles. The lowest BCUT2D eigenvalue weighted by Crippen LogP contribution is -2.26. The van der Waals surface area contributed by atoms with Crippen LogP contribution < -0.4 is 0 Å². The smallest absolute Gasteiger partial charge is 0.119 e. The van der Waals surface area contributed by atoms with Crippen LogP contribution in [0, 0.1) is 0 Å². The van der Waals surface area contributed by atoms with Crippen LogP contribution in [0.15, 0.2) is 48.5 Å². The average molecular weight is 256 g/mol. The van der Waals surface area contributed by atoms with Crippen molar-refractivity contribution in [2.45, 2.75) is 32.1 Å². The second-order valence-corrected chi connectivity index (χ2v) is 4.82. The minimum absolute atomic E-state index is 0.287. The lowest BCUT2D eigenvalue weighted by atomic mass is 9.70. The fraction of sp³-hybridized carbons (Fsp3) is 0.294. The zero-order valence-corrected chi connectivity index (χ0v) is 11.4. The minimum Gasteiger partial charge on any atom is -0.508 e. The summed E-state index contributed by atoms with van der Waals surface area (Å²) < 4.78 is 0. The largest absolute Gasteiger partial charge is 0.508 e. The van der Waals surface area contributed by atoms with Crippen molar-refractivity contribution in [1.82, 2.24) is 0 Å². The minimum atomic E-state index is -0.351. The van der Waals surface area contributed by atoms with Gasteiger partial charge in [0.1, 0.15) is 11.5 Å². The van der Waals surface area contributed by atoms with Crippen molar-refractivity contribution >= 4 is 0 Å². The molecule has 0 fully saturated rings. The molecule has 100 valence electrons. The van der Waals surface area contributed by atoms with Crippen LogP contribution in [0.4, 0.5) is 0 Å². The SMILES string of the molecule is CCC(CC)(c1ccccc1O)c1ccccc1O. The highest BCUT2D eigenvalue weighted by molar-refractivity contribution is 5.50. The summed E-state index contributed by atoms with van der Waals surface area (Å²) in [5.74, 6) is 0.573. The Bertz CT molecular complexity index is 509. The molecule has 0 amide bonds. The molecule has 0 unspecified atom stereocenters. The number of rotatable bonds is 4. The maximum Gasteiger partial charge on any atom is 0.119 e. The first-order chi connectivity index (χ1) is 9.15. The molecule has 0 spiro atoms. The van der Waals surface area contributed by atoms with Gasteiger partial charge in [-0.3, -0.25) is 0 Å². The summed E-state index contributed by atoms with van der Waals surface area (Å²) in [6, 6.07) is 14.8. The van der Waals surface area contributed by atoms with Gasteiger partial charge in [0, 0.05) is 16.5 Å². The standard InChI is InChI=1S/C17H20O2/c1-3-17(4-2,13-9-5-7-11-15(13)18)14-10-6-8-12-16(14)19/h5-12,18-19H,3-4H2,1-2H3. The summed E-state index contributed by atoms with van der Waals surface area (Å²) in [7, 11) is 0. The zero-order chi connectivity index (χ0) is 13.9. The van der Waals surface area contributed by atoms with Crippen molar-refractivity contribution in [3.8, 4) is 11.5 Å². The van der Waals surface area contributed by atoms with Gasteiger partial charge in [0.2, 0.25) is 0 Å². The molecule has 2 rings (SSSR count). The molecule has 2 heteroatoms. The molecule has 2 aromatic carbocycles. The number of aromatic hydroxyl groups is 2. The van der Waals surface area contributed by atoms with E-state index in [1.807, 2.05) is 36.4 Å². The Balaban J connectivity index is 2.69. The van der Waals surface area contributed by atoms with Crippen LogP contribution in [0.5, 0.6) is 11.5 Å². The monoisotopic (exact) mass is 256 g/mol. The molecule has 2 nitrogen and oxygen atoms in total. The molecular weight excluding hydrogens is 236 g/mol. The Hall–Kier alpha value is -1.96. The summed E-state index contributed by atoms with van der Waals surface area (Å²) in [5.41, 5.74) is 1.40. The summed E-state index contributed by atoms with van der Waals surface area (Å²) >= 11 is 0. The topological polar surface area (TPSA) is 40.5 Å². The first-order valence-electron chi connectivity index (χ1n) is 6.72. The van der Waals surface area contributed by atoms with E-state index < -0.39 is 0 Å². The molecule has 2 aromatic rings. The highest BCUT2D eigenvalue weighted by Crippen LogP contribution is 2.45. The molecule has 0 heterocycles. The average Bonchev–Trinajstić information content (AvgIpc) is 2.44. The molecule has 0 saturated heterocycles. The summed E-state index contributed by atoms with van der Waals surface area (Å²) in [6.45, 7) is 4.17. The van der Waals surface area contributed by atoms with Crippen molar-refractivity contribution in [2.75, 3.05) is 0 Å². The van der Waals surface area contributed by atoms with Crippen molar-refractivity contribution in [1.29, 1.82) is 0 Å². The summed E-state index contributed by atoms with van der Waals surface area (Å²) in [6.07, 6.45) is 1.64. The van der Waals surface area contributed by atoms with E-state index in [0.717, 1.165) is 24.0 Å². The third-order valence-corrected chi connectivity index (χ3v) is 4.05. The van der Waals surface area contributed by atoms with Crippen LogP contribution in [0.1, 0.15) is 37.8 Å². The molecular formula is C17H20O2. The number of phenolic OH excluding ortho intramolecular Hbond substituents is 2. The van der Waals surface area contributed by atoms with Crippen molar-refractivity contribution in [2.24, 2.45) is 0 Å². The first kappa shape index (κ1) is 13.5. The molecule has 19 heavy (non-hydrogen) atoms. The van der Waals surface area contributed by atoms with E-state index in [-0.39, 0.29) is 16.9 Å². The van der Waals surface area contributed by atoms with Gasteiger partial charge in [-0.05, 0) is 25.0 Å². The van der Waals surface area contributed by atoms with Gasteiger partial charge in [0.25, 0.3) is 0 Å². The maximum absolute atomic E-state index is 10.2.